The summed E-state index contributed by atoms with van der Waals surface area (Å²) < 4.78 is 11.5. The zero-order valence-electron chi connectivity index (χ0n) is 15.1. The quantitative estimate of drug-likeness (QED) is 0.495. The fraction of sp³-hybridized carbons (Fsp3) is 0.150. The van der Waals surface area contributed by atoms with Gasteiger partial charge in [0.1, 0.15) is 11.6 Å². The number of para-hydroxylation sites is 1. The van der Waals surface area contributed by atoms with Gasteiger partial charge >= 0.3 is 5.97 Å². The van der Waals surface area contributed by atoms with Gasteiger partial charge in [-0.2, -0.15) is 5.26 Å². The van der Waals surface area contributed by atoms with Crippen LogP contribution < -0.4 is 14.8 Å². The first-order valence-electron chi connectivity index (χ1n) is 8.11. The van der Waals surface area contributed by atoms with Gasteiger partial charge in [0, 0.05) is 15.7 Å². The van der Waals surface area contributed by atoms with Crippen molar-refractivity contribution in [3.8, 4) is 17.6 Å². The molecule has 0 aliphatic heterocycles. The van der Waals surface area contributed by atoms with Crippen LogP contribution in [0.15, 0.2) is 52.5 Å². The van der Waals surface area contributed by atoms with Crippen LogP contribution in [-0.4, -0.2) is 30.2 Å². The number of anilines is 1. The fourth-order valence-corrected chi connectivity index (χ4v) is 2.46. The van der Waals surface area contributed by atoms with Crippen molar-refractivity contribution in [3.05, 3.63) is 58.1 Å². The van der Waals surface area contributed by atoms with Gasteiger partial charge in [-0.15, -0.1) is 0 Å². The average molecular weight is 445 g/mol. The van der Waals surface area contributed by atoms with Crippen LogP contribution >= 0.6 is 15.9 Å². The summed E-state index contributed by atoms with van der Waals surface area (Å²) in [5.74, 6) is -1.35. The molecule has 0 aliphatic carbocycles. The number of benzene rings is 2. The molecule has 0 saturated heterocycles. The third-order valence-electron chi connectivity index (χ3n) is 3.64. The molecule has 2 N–H and O–H groups in total. The molecule has 2 rings (SSSR count). The lowest BCUT2D eigenvalue weighted by Gasteiger charge is -2.16. The van der Waals surface area contributed by atoms with Crippen LogP contribution in [0.25, 0.3) is 6.08 Å². The molecule has 0 fully saturated rings. The standard InChI is InChI=1S/C20H17BrN2O5/c1-12(20(25)26)28-18-13(4-3-5-17(18)27-2)10-14(11-22)19(24)23-16-8-6-15(21)7-9-16/h3-10,12H,1-2H3,(H,23,24)(H,25,26)/b14-10-/t12-/m0/s1. The number of carboxylic acid groups (broad SMARTS) is 1. The predicted molar refractivity (Wildman–Crippen MR) is 107 cm³/mol. The van der Waals surface area contributed by atoms with Crippen molar-refractivity contribution in [1.82, 2.24) is 0 Å². The highest BCUT2D eigenvalue weighted by Crippen LogP contribution is 2.33. The molecule has 0 heterocycles. The molecule has 1 amide bonds. The predicted octanol–water partition coefficient (Wildman–Crippen LogP) is 3.86. The van der Waals surface area contributed by atoms with Gasteiger partial charge in [-0.3, -0.25) is 4.79 Å². The van der Waals surface area contributed by atoms with Gasteiger partial charge in [-0.05, 0) is 43.3 Å². The molecule has 0 aliphatic rings. The second-order valence-electron chi connectivity index (χ2n) is 5.61. The van der Waals surface area contributed by atoms with Crippen LogP contribution in [0.1, 0.15) is 12.5 Å². The van der Waals surface area contributed by atoms with Gasteiger partial charge in [0.05, 0.1) is 7.11 Å². The summed E-state index contributed by atoms with van der Waals surface area (Å²) in [5.41, 5.74) is 0.690. The maximum Gasteiger partial charge on any atom is 0.344 e. The van der Waals surface area contributed by atoms with Crippen LogP contribution in [0.4, 0.5) is 5.69 Å². The second-order valence-corrected chi connectivity index (χ2v) is 6.52. The Hall–Kier alpha value is -3.31. The molecule has 8 heteroatoms. The molecule has 1 atom stereocenters. The summed E-state index contributed by atoms with van der Waals surface area (Å²) in [7, 11) is 1.41. The van der Waals surface area contributed by atoms with Gasteiger partial charge in [-0.25, -0.2) is 4.79 Å². The van der Waals surface area contributed by atoms with Crippen molar-refractivity contribution in [2.75, 3.05) is 12.4 Å². The Morgan fingerprint density at radius 2 is 1.93 bits per heavy atom. The highest BCUT2D eigenvalue weighted by Gasteiger charge is 2.19. The Balaban J connectivity index is 2.37. The fourth-order valence-electron chi connectivity index (χ4n) is 2.20. The van der Waals surface area contributed by atoms with Crippen molar-refractivity contribution >= 4 is 39.6 Å². The summed E-state index contributed by atoms with van der Waals surface area (Å²) >= 11 is 3.31. The second kappa shape index (κ2) is 9.58. The Morgan fingerprint density at radius 1 is 1.25 bits per heavy atom. The molecular weight excluding hydrogens is 428 g/mol. The van der Waals surface area contributed by atoms with E-state index in [-0.39, 0.29) is 17.1 Å². The molecule has 0 bridgehead atoms. The molecular formula is C20H17BrN2O5. The van der Waals surface area contributed by atoms with Crippen LogP contribution in [0.3, 0.4) is 0 Å². The van der Waals surface area contributed by atoms with E-state index in [1.54, 1.807) is 42.5 Å². The van der Waals surface area contributed by atoms with Crippen LogP contribution in [0.2, 0.25) is 0 Å². The lowest BCUT2D eigenvalue weighted by Crippen LogP contribution is -2.23. The van der Waals surface area contributed by atoms with E-state index in [4.69, 9.17) is 14.6 Å². The summed E-state index contributed by atoms with van der Waals surface area (Å²) in [6.07, 6.45) is 0.172. The van der Waals surface area contributed by atoms with E-state index < -0.39 is 18.0 Å². The third-order valence-corrected chi connectivity index (χ3v) is 4.17. The molecule has 7 nitrogen and oxygen atoms in total. The highest BCUT2D eigenvalue weighted by molar-refractivity contribution is 9.10. The number of carbonyl (C=O) groups is 2. The van der Waals surface area contributed by atoms with Crippen LogP contribution in [-0.2, 0) is 9.59 Å². The number of aliphatic carboxylic acids is 1. The molecule has 28 heavy (non-hydrogen) atoms. The van der Waals surface area contributed by atoms with Crippen molar-refractivity contribution < 1.29 is 24.2 Å². The monoisotopic (exact) mass is 444 g/mol. The smallest absolute Gasteiger partial charge is 0.344 e. The number of carboxylic acids is 1. The van der Waals surface area contributed by atoms with Crippen LogP contribution in [0.5, 0.6) is 11.5 Å². The zero-order chi connectivity index (χ0) is 20.7. The maximum absolute atomic E-state index is 12.4. The SMILES string of the molecule is COc1cccc(/C=C(/C#N)C(=O)Nc2ccc(Br)cc2)c1O[C@@H](C)C(=O)O. The number of rotatable bonds is 7. The van der Waals surface area contributed by atoms with E-state index in [1.165, 1.54) is 20.1 Å². The van der Waals surface area contributed by atoms with E-state index >= 15 is 0 Å². The minimum absolute atomic E-state index is 0.129. The number of amides is 1. The molecule has 2 aromatic carbocycles. The largest absolute Gasteiger partial charge is 0.493 e. The Morgan fingerprint density at radius 3 is 2.50 bits per heavy atom. The van der Waals surface area contributed by atoms with E-state index in [0.717, 1.165) is 4.47 Å². The molecule has 0 saturated carbocycles. The van der Waals surface area contributed by atoms with Gasteiger partial charge in [0.25, 0.3) is 5.91 Å². The summed E-state index contributed by atoms with van der Waals surface area (Å²) in [5, 5.41) is 21.1. The summed E-state index contributed by atoms with van der Waals surface area (Å²) in [4.78, 5) is 23.6. The topological polar surface area (TPSA) is 109 Å². The first-order valence-corrected chi connectivity index (χ1v) is 8.90. The molecule has 2 aromatic rings. The Labute approximate surface area is 170 Å². The van der Waals surface area contributed by atoms with E-state index in [2.05, 4.69) is 21.2 Å². The van der Waals surface area contributed by atoms with Crippen molar-refractivity contribution in [2.24, 2.45) is 0 Å². The lowest BCUT2D eigenvalue weighted by molar-refractivity contribution is -0.144. The van der Waals surface area contributed by atoms with E-state index in [0.29, 0.717) is 11.3 Å². The average Bonchev–Trinajstić information content (AvgIpc) is 2.68. The van der Waals surface area contributed by atoms with E-state index in [9.17, 15) is 14.9 Å². The first kappa shape index (κ1) is 21.0. The molecule has 0 spiro atoms. The number of hydrogen-bond acceptors (Lipinski definition) is 5. The number of halogens is 1. The Kier molecular flexibility index (Phi) is 7.18. The maximum atomic E-state index is 12.4. The van der Waals surface area contributed by atoms with Gasteiger partial charge in [-0.1, -0.05) is 28.1 Å². The first-order chi connectivity index (χ1) is 13.3. The van der Waals surface area contributed by atoms with Gasteiger partial charge < -0.3 is 19.9 Å². The number of nitrogens with one attached hydrogen (secondary N) is 1. The number of methoxy groups -OCH3 is 1. The van der Waals surface area contributed by atoms with Crippen molar-refractivity contribution in [3.63, 3.8) is 0 Å². The van der Waals surface area contributed by atoms with E-state index in [1.807, 2.05) is 6.07 Å². The molecule has 0 aromatic heterocycles. The zero-order valence-corrected chi connectivity index (χ0v) is 16.7. The number of nitrogens with zero attached hydrogens (tertiary/aromatic N) is 1. The highest BCUT2D eigenvalue weighted by atomic mass is 79.9. The van der Waals surface area contributed by atoms with Gasteiger partial charge in [0.15, 0.2) is 17.6 Å². The molecule has 0 radical (unpaired) electrons. The van der Waals surface area contributed by atoms with Crippen LogP contribution in [0, 0.1) is 11.3 Å². The lowest BCUT2D eigenvalue weighted by atomic mass is 10.1. The summed E-state index contributed by atoms with van der Waals surface area (Å²) in [6.45, 7) is 1.37. The number of carbonyl (C=O) groups excluding carboxylic acids is 1. The van der Waals surface area contributed by atoms with Crippen molar-refractivity contribution in [2.45, 2.75) is 13.0 Å². The van der Waals surface area contributed by atoms with Gasteiger partial charge in [0.2, 0.25) is 0 Å². The minimum Gasteiger partial charge on any atom is -0.493 e. The number of nitriles is 1. The Bertz CT molecular complexity index is 948. The van der Waals surface area contributed by atoms with Crippen molar-refractivity contribution in [1.29, 1.82) is 5.26 Å². The third kappa shape index (κ3) is 5.34. The number of ether oxygens (including phenoxy) is 2. The minimum atomic E-state index is -1.16. The molecule has 0 unspecified atom stereocenters. The summed E-state index contributed by atoms with van der Waals surface area (Å²) in [6, 6.07) is 13.6. The number of hydrogen-bond donors (Lipinski definition) is 2. The normalized spacial score (nSPS) is 11.9. The molecule has 144 valence electrons.